The third-order valence-electron chi connectivity index (χ3n) is 8.68. The number of aryl methyl sites for hydroxylation is 1. The lowest BCUT2D eigenvalue weighted by Crippen LogP contribution is -2.31. The van der Waals surface area contributed by atoms with Gasteiger partial charge in [0.05, 0.1) is 38.4 Å². The van der Waals surface area contributed by atoms with Crippen LogP contribution in [-0.2, 0) is 47.7 Å². The fourth-order valence-electron chi connectivity index (χ4n) is 5.02. The minimum Gasteiger partial charge on any atom is -0.494 e. The highest BCUT2D eigenvalue weighted by molar-refractivity contribution is 5.82. The molecule has 4 rings (SSSR count). The molecule has 14 nitrogen and oxygen atoms in total. The van der Waals surface area contributed by atoms with Crippen molar-refractivity contribution in [2.24, 2.45) is 5.41 Å². The van der Waals surface area contributed by atoms with Gasteiger partial charge < -0.3 is 43.1 Å². The van der Waals surface area contributed by atoms with Crippen molar-refractivity contribution in [3.8, 4) is 22.6 Å². The van der Waals surface area contributed by atoms with E-state index in [-0.39, 0.29) is 5.97 Å². The number of hydrogen-bond donors (Lipinski definition) is 1. The average Bonchev–Trinajstić information content (AvgIpc) is 3.38. The van der Waals surface area contributed by atoms with E-state index in [1.807, 2.05) is 101 Å². The van der Waals surface area contributed by atoms with Crippen molar-refractivity contribution >= 4 is 37.5 Å². The number of unbranched alkanes of at least 4 members (excludes halogenated alkanes) is 2. The zero-order valence-electron chi connectivity index (χ0n) is 40.6. The van der Waals surface area contributed by atoms with Crippen LogP contribution in [0.1, 0.15) is 75.7 Å². The van der Waals surface area contributed by atoms with Crippen molar-refractivity contribution in [2.75, 3.05) is 47.3 Å². The summed E-state index contributed by atoms with van der Waals surface area (Å²) in [6, 6.07) is 22.6. The number of esters is 3. The topological polar surface area (TPSA) is 187 Å². The largest absolute Gasteiger partial charge is 0.494 e. The smallest absolute Gasteiger partial charge is 0.330 e. The molecule has 1 aliphatic rings. The summed E-state index contributed by atoms with van der Waals surface area (Å²) in [5, 5.41) is 7.00. The van der Waals surface area contributed by atoms with Crippen LogP contribution in [0.5, 0.6) is 11.5 Å². The van der Waals surface area contributed by atoms with Crippen LogP contribution in [0.2, 0.25) is 0 Å². The van der Waals surface area contributed by atoms with Gasteiger partial charge in [-0.2, -0.15) is 0 Å². The van der Waals surface area contributed by atoms with Gasteiger partial charge in [-0.15, -0.1) is 0 Å². The molecule has 1 unspecified atom stereocenters. The van der Waals surface area contributed by atoms with E-state index in [0.717, 1.165) is 79.4 Å². The lowest BCUT2D eigenvalue weighted by Gasteiger charge is -2.25. The molecule has 0 saturated heterocycles. The van der Waals surface area contributed by atoms with Crippen LogP contribution < -0.4 is 9.47 Å². The number of ether oxygens (including phenoxy) is 7. The summed E-state index contributed by atoms with van der Waals surface area (Å²) >= 11 is 0. The molecule has 1 atom stereocenters. The highest BCUT2D eigenvalue weighted by Gasteiger charge is 2.33. The Balaban J connectivity index is 0. The van der Waals surface area contributed by atoms with Crippen LogP contribution in [0.15, 0.2) is 146 Å². The first-order chi connectivity index (χ1) is 33.0. The van der Waals surface area contributed by atoms with E-state index < -0.39 is 17.4 Å². The van der Waals surface area contributed by atoms with Gasteiger partial charge in [-0.25, -0.2) is 9.59 Å². The molecule has 0 heterocycles. The van der Waals surface area contributed by atoms with Crippen molar-refractivity contribution in [3.05, 3.63) is 157 Å². The molecule has 0 aromatic heterocycles. The van der Waals surface area contributed by atoms with Crippen molar-refractivity contribution in [2.45, 2.75) is 66.7 Å². The Hall–Kier alpha value is -7.16. The van der Waals surface area contributed by atoms with Crippen LogP contribution in [0.4, 0.5) is 0 Å². The molecule has 0 amide bonds. The maximum atomic E-state index is 12.5. The molecule has 14 heteroatoms. The molecular weight excluding hydrogens is 873 g/mol. The number of carbonyl (C=O) groups excluding carboxylic acids is 6. The van der Waals surface area contributed by atoms with Gasteiger partial charge in [-0.1, -0.05) is 99.3 Å². The average molecular weight is 943 g/mol. The van der Waals surface area contributed by atoms with Gasteiger partial charge in [0, 0.05) is 31.9 Å². The first kappa shape index (κ1) is 62.9. The van der Waals surface area contributed by atoms with Crippen LogP contribution >= 0.6 is 0 Å². The zero-order chi connectivity index (χ0) is 51.4. The van der Waals surface area contributed by atoms with E-state index in [4.69, 9.17) is 38.3 Å². The SMILES string of the molecule is C=CC(=O)OCCCCOC1=CCC(C)(C(=O)Oc2ccc(C)cc2)C=C1.C=CC(=O)OCCCCOc1ccc(-c2ccc(C=O)cc2)cc1.C=O.CC.CO.COC/C=C\C=C(/C)OC=O. The second-order valence-corrected chi connectivity index (χ2v) is 13.8. The number of allylic oxidation sites excluding steroid dienone is 5. The Morgan fingerprint density at radius 1 is 0.735 bits per heavy atom. The summed E-state index contributed by atoms with van der Waals surface area (Å²) in [5.41, 5.74) is 3.18. The minimum absolute atomic E-state index is 0.290. The van der Waals surface area contributed by atoms with Crippen LogP contribution in [0.3, 0.4) is 0 Å². The molecule has 0 spiro atoms. The van der Waals surface area contributed by atoms with Gasteiger partial charge in [0.15, 0.2) is 0 Å². The van der Waals surface area contributed by atoms with E-state index in [9.17, 15) is 24.0 Å². The second-order valence-electron chi connectivity index (χ2n) is 13.8. The summed E-state index contributed by atoms with van der Waals surface area (Å²) in [7, 11) is 2.61. The lowest BCUT2D eigenvalue weighted by molar-refractivity contribution is -0.142. The maximum Gasteiger partial charge on any atom is 0.330 e. The number of aliphatic hydroxyl groups excluding tert-OH is 1. The number of hydrogen-bond acceptors (Lipinski definition) is 14. The molecule has 68 heavy (non-hydrogen) atoms. The summed E-state index contributed by atoms with van der Waals surface area (Å²) in [5.74, 6) is 1.54. The molecule has 1 aliphatic carbocycles. The van der Waals surface area contributed by atoms with Crippen LogP contribution in [-0.4, -0.2) is 89.8 Å². The molecular formula is C54H70O14. The van der Waals surface area contributed by atoms with Gasteiger partial charge in [-0.3, -0.25) is 14.4 Å². The van der Waals surface area contributed by atoms with Gasteiger partial charge in [0.1, 0.15) is 36.1 Å². The maximum absolute atomic E-state index is 12.5. The third-order valence-corrected chi connectivity index (χ3v) is 8.68. The first-order valence-corrected chi connectivity index (χ1v) is 21.8. The highest BCUT2D eigenvalue weighted by atomic mass is 16.5. The van der Waals surface area contributed by atoms with Gasteiger partial charge in [-0.05, 0) is 106 Å². The predicted octanol–water partition coefficient (Wildman–Crippen LogP) is 10.0. The Morgan fingerprint density at radius 2 is 1.24 bits per heavy atom. The van der Waals surface area contributed by atoms with E-state index in [1.54, 1.807) is 56.5 Å². The summed E-state index contributed by atoms with van der Waals surface area (Å²) < 4.78 is 35.9. The van der Waals surface area contributed by atoms with Crippen molar-refractivity contribution in [1.82, 2.24) is 0 Å². The summed E-state index contributed by atoms with van der Waals surface area (Å²) in [6.07, 6.45) is 17.5. The molecule has 1 N–H and O–H groups in total. The number of rotatable bonds is 23. The van der Waals surface area contributed by atoms with Crippen molar-refractivity contribution < 1.29 is 67.0 Å². The number of benzene rings is 3. The Labute approximate surface area is 402 Å². The number of aldehydes is 1. The second kappa shape index (κ2) is 41.3. The fourth-order valence-corrected chi connectivity index (χ4v) is 5.02. The summed E-state index contributed by atoms with van der Waals surface area (Å²) in [6.45, 7) is 21.0. The zero-order valence-corrected chi connectivity index (χ0v) is 40.6. The first-order valence-electron chi connectivity index (χ1n) is 21.8. The van der Waals surface area contributed by atoms with E-state index in [2.05, 4.69) is 17.9 Å². The molecule has 0 fully saturated rings. The number of carbonyl (C=O) groups is 6. The van der Waals surface area contributed by atoms with Crippen LogP contribution in [0.25, 0.3) is 11.1 Å². The quantitative estimate of drug-likeness (QED) is 0.0138. The van der Waals surface area contributed by atoms with E-state index in [0.29, 0.717) is 63.0 Å². The van der Waals surface area contributed by atoms with Gasteiger partial charge in [0.25, 0.3) is 6.47 Å². The fraction of sp³-hybridized carbons (Fsp3) is 0.333. The summed E-state index contributed by atoms with van der Waals surface area (Å²) in [4.78, 5) is 62.7. The Kier molecular flexibility index (Phi) is 38.2. The van der Waals surface area contributed by atoms with Gasteiger partial charge >= 0.3 is 17.9 Å². The standard InChI is InChI=1S/C22H26O5.C20H20O4.C8H12O3.C2H6.CH4O.CH2O/c1-4-20(23)26-16-6-5-15-25-18-11-13-22(3,14-12-18)21(24)27-19-9-7-17(2)8-10-19;1-2-20(22)24-14-4-3-13-23-19-11-9-18(10-12-19)17-7-5-16(15-21)6-8-17;1-8(11-7-9)5-3-4-6-10-2;3*1-2/h4,7-13H,1,5-6,14-16H2,2-3H3;2,5-12,15H,1,3-4,13-14H2;3-5,7H,6H2,1-2H3;1-2H3;2H,1H3;1H2/b;;4-3-,8-5+;;;. The molecule has 3 aromatic rings. The van der Waals surface area contributed by atoms with E-state index in [1.165, 1.54) is 0 Å². The minimum atomic E-state index is -0.712. The number of aliphatic hydroxyl groups is 1. The van der Waals surface area contributed by atoms with Crippen molar-refractivity contribution in [3.63, 3.8) is 0 Å². The molecule has 0 aliphatic heterocycles. The third kappa shape index (κ3) is 29.4. The monoisotopic (exact) mass is 942 g/mol. The van der Waals surface area contributed by atoms with Crippen LogP contribution in [0, 0.1) is 12.3 Å². The lowest BCUT2D eigenvalue weighted by atomic mass is 9.83. The Morgan fingerprint density at radius 3 is 1.71 bits per heavy atom. The highest BCUT2D eigenvalue weighted by Crippen LogP contribution is 2.32. The normalized spacial score (nSPS) is 13.0. The van der Waals surface area contributed by atoms with Gasteiger partial charge in [0.2, 0.25) is 0 Å². The molecule has 0 bridgehead atoms. The predicted molar refractivity (Wildman–Crippen MR) is 265 cm³/mol. The number of methoxy groups -OCH3 is 1. The molecule has 0 saturated carbocycles. The van der Waals surface area contributed by atoms with Crippen molar-refractivity contribution in [1.29, 1.82) is 0 Å². The molecule has 370 valence electrons. The van der Waals surface area contributed by atoms with E-state index >= 15 is 0 Å². The molecule has 3 aromatic carbocycles. The Bertz CT molecular complexity index is 2000. The molecule has 0 radical (unpaired) electrons.